The quantitative estimate of drug-likeness (QED) is 0.768. The summed E-state index contributed by atoms with van der Waals surface area (Å²) in [5, 5.41) is 2.61. The van der Waals surface area contributed by atoms with Crippen LogP contribution in [-0.2, 0) is 9.53 Å². The molecule has 1 aromatic rings. The summed E-state index contributed by atoms with van der Waals surface area (Å²) in [7, 11) is 0. The third-order valence-electron chi connectivity index (χ3n) is 2.05. The maximum Gasteiger partial charge on any atom is 0.338 e. The molecule has 0 aliphatic carbocycles. The number of carbonyl (C=O) groups excluding carboxylic acids is 2. The van der Waals surface area contributed by atoms with Gasteiger partial charge in [-0.1, -0.05) is 6.07 Å². The third-order valence-corrected chi connectivity index (χ3v) is 2.05. The van der Waals surface area contributed by atoms with Crippen molar-refractivity contribution in [3.05, 3.63) is 29.8 Å². The van der Waals surface area contributed by atoms with E-state index in [-0.39, 0.29) is 5.91 Å². The van der Waals surface area contributed by atoms with Crippen molar-refractivity contribution in [2.75, 3.05) is 11.9 Å². The lowest BCUT2D eigenvalue weighted by Crippen LogP contribution is -2.32. The summed E-state index contributed by atoms with van der Waals surface area (Å²) in [6.07, 6.45) is 0. The Hall–Kier alpha value is -1.88. The summed E-state index contributed by atoms with van der Waals surface area (Å²) in [5.74, 6) is -0.713. The molecule has 0 bridgehead atoms. The maximum absolute atomic E-state index is 11.5. The van der Waals surface area contributed by atoms with Crippen molar-refractivity contribution in [1.29, 1.82) is 0 Å². The Bertz CT molecular complexity index is 416. The third kappa shape index (κ3) is 3.88. The Morgan fingerprint density at radius 2 is 2.18 bits per heavy atom. The van der Waals surface area contributed by atoms with E-state index in [0.717, 1.165) is 0 Å². The Labute approximate surface area is 99.9 Å². The Morgan fingerprint density at radius 1 is 1.47 bits per heavy atom. The topological polar surface area (TPSA) is 81.4 Å². The van der Waals surface area contributed by atoms with E-state index in [9.17, 15) is 9.59 Å². The van der Waals surface area contributed by atoms with E-state index in [2.05, 4.69) is 5.32 Å². The second-order valence-corrected chi connectivity index (χ2v) is 3.58. The molecule has 1 atom stereocenters. The van der Waals surface area contributed by atoms with E-state index < -0.39 is 12.0 Å². The zero-order chi connectivity index (χ0) is 12.8. The first-order valence-electron chi connectivity index (χ1n) is 5.38. The van der Waals surface area contributed by atoms with Gasteiger partial charge < -0.3 is 15.8 Å². The molecular formula is C12H16N2O3. The van der Waals surface area contributed by atoms with Crippen LogP contribution in [-0.4, -0.2) is 24.5 Å². The van der Waals surface area contributed by atoms with Gasteiger partial charge in [-0.25, -0.2) is 4.79 Å². The molecular weight excluding hydrogens is 220 g/mol. The van der Waals surface area contributed by atoms with Gasteiger partial charge in [-0.15, -0.1) is 0 Å². The van der Waals surface area contributed by atoms with E-state index in [4.69, 9.17) is 10.5 Å². The first-order chi connectivity index (χ1) is 8.04. The highest BCUT2D eigenvalue weighted by Crippen LogP contribution is 2.11. The van der Waals surface area contributed by atoms with Crippen LogP contribution in [0.1, 0.15) is 24.2 Å². The van der Waals surface area contributed by atoms with E-state index in [1.54, 1.807) is 38.1 Å². The van der Waals surface area contributed by atoms with Crippen molar-refractivity contribution in [2.24, 2.45) is 5.73 Å². The van der Waals surface area contributed by atoms with Gasteiger partial charge in [-0.05, 0) is 32.0 Å². The van der Waals surface area contributed by atoms with Crippen LogP contribution >= 0.6 is 0 Å². The summed E-state index contributed by atoms with van der Waals surface area (Å²) in [6.45, 7) is 3.64. The zero-order valence-corrected chi connectivity index (χ0v) is 9.90. The molecule has 0 saturated heterocycles. The number of ether oxygens (including phenoxy) is 1. The van der Waals surface area contributed by atoms with Gasteiger partial charge >= 0.3 is 5.97 Å². The van der Waals surface area contributed by atoms with Crippen LogP contribution in [0.4, 0.5) is 5.69 Å². The molecule has 1 rings (SSSR count). The number of rotatable bonds is 4. The number of nitrogens with two attached hydrogens (primary N) is 1. The molecule has 0 aliphatic heterocycles. The lowest BCUT2D eigenvalue weighted by Gasteiger charge is -2.08. The predicted octanol–water partition coefficient (Wildman–Crippen LogP) is 1.15. The second-order valence-electron chi connectivity index (χ2n) is 3.58. The molecule has 0 saturated carbocycles. The van der Waals surface area contributed by atoms with E-state index >= 15 is 0 Å². The fourth-order valence-corrected chi connectivity index (χ4v) is 1.19. The van der Waals surface area contributed by atoms with Gasteiger partial charge in [0.15, 0.2) is 0 Å². The smallest absolute Gasteiger partial charge is 0.338 e. The molecule has 92 valence electrons. The highest BCUT2D eigenvalue weighted by atomic mass is 16.5. The van der Waals surface area contributed by atoms with Gasteiger partial charge in [0.05, 0.1) is 18.2 Å². The number of hydrogen-bond donors (Lipinski definition) is 2. The van der Waals surface area contributed by atoms with Crippen LogP contribution in [0.15, 0.2) is 24.3 Å². The first kappa shape index (κ1) is 13.2. The van der Waals surface area contributed by atoms with Crippen molar-refractivity contribution in [3.63, 3.8) is 0 Å². The molecule has 0 fully saturated rings. The summed E-state index contributed by atoms with van der Waals surface area (Å²) >= 11 is 0. The van der Waals surface area contributed by atoms with Crippen LogP contribution in [0.3, 0.4) is 0 Å². The van der Waals surface area contributed by atoms with Crippen molar-refractivity contribution in [3.8, 4) is 0 Å². The summed E-state index contributed by atoms with van der Waals surface area (Å²) < 4.78 is 4.86. The van der Waals surface area contributed by atoms with Gasteiger partial charge in [0.2, 0.25) is 5.91 Å². The van der Waals surface area contributed by atoms with Crippen molar-refractivity contribution in [2.45, 2.75) is 19.9 Å². The largest absolute Gasteiger partial charge is 0.462 e. The lowest BCUT2D eigenvalue weighted by molar-refractivity contribution is -0.117. The summed E-state index contributed by atoms with van der Waals surface area (Å²) in [5.41, 5.74) is 6.35. The average Bonchev–Trinajstić information content (AvgIpc) is 2.29. The number of benzene rings is 1. The molecule has 17 heavy (non-hydrogen) atoms. The number of anilines is 1. The van der Waals surface area contributed by atoms with E-state index in [1.807, 2.05) is 0 Å². The van der Waals surface area contributed by atoms with Gasteiger partial charge in [-0.2, -0.15) is 0 Å². The molecule has 0 aromatic heterocycles. The second kappa shape index (κ2) is 6.00. The minimum absolute atomic E-state index is 0.300. The first-order valence-corrected chi connectivity index (χ1v) is 5.38. The van der Waals surface area contributed by atoms with Crippen LogP contribution in [0.25, 0.3) is 0 Å². The van der Waals surface area contributed by atoms with E-state index in [0.29, 0.717) is 17.9 Å². The molecule has 0 unspecified atom stereocenters. The Morgan fingerprint density at radius 3 is 2.76 bits per heavy atom. The number of hydrogen-bond acceptors (Lipinski definition) is 4. The number of esters is 1. The molecule has 3 N–H and O–H groups in total. The standard InChI is InChI=1S/C12H16N2O3/c1-3-17-12(16)9-5-4-6-10(7-9)14-11(15)8(2)13/h4-8H,3,13H2,1-2H3,(H,14,15)/t8-/m1/s1. The SMILES string of the molecule is CCOC(=O)c1cccc(NC(=O)[C@@H](C)N)c1. The molecule has 1 amide bonds. The number of nitrogens with one attached hydrogen (secondary N) is 1. The van der Waals surface area contributed by atoms with Crippen LogP contribution in [0.5, 0.6) is 0 Å². The number of amides is 1. The van der Waals surface area contributed by atoms with Gasteiger partial charge in [0.25, 0.3) is 0 Å². The van der Waals surface area contributed by atoms with Crippen molar-refractivity contribution >= 4 is 17.6 Å². The van der Waals surface area contributed by atoms with Gasteiger partial charge in [0.1, 0.15) is 0 Å². The minimum atomic E-state index is -0.596. The monoisotopic (exact) mass is 236 g/mol. The molecule has 1 aromatic carbocycles. The van der Waals surface area contributed by atoms with Crippen LogP contribution in [0, 0.1) is 0 Å². The van der Waals surface area contributed by atoms with Crippen molar-refractivity contribution in [1.82, 2.24) is 0 Å². The summed E-state index contributed by atoms with van der Waals surface area (Å²) in [6, 6.07) is 5.94. The summed E-state index contributed by atoms with van der Waals surface area (Å²) in [4.78, 5) is 22.8. The molecule has 0 heterocycles. The van der Waals surface area contributed by atoms with Crippen LogP contribution < -0.4 is 11.1 Å². The van der Waals surface area contributed by atoms with E-state index in [1.165, 1.54) is 0 Å². The fourth-order valence-electron chi connectivity index (χ4n) is 1.19. The van der Waals surface area contributed by atoms with Gasteiger partial charge in [-0.3, -0.25) is 4.79 Å². The molecule has 0 spiro atoms. The number of carbonyl (C=O) groups is 2. The highest BCUT2D eigenvalue weighted by molar-refractivity contribution is 5.96. The maximum atomic E-state index is 11.5. The molecule has 5 nitrogen and oxygen atoms in total. The highest BCUT2D eigenvalue weighted by Gasteiger charge is 2.10. The molecule has 0 radical (unpaired) electrons. The fraction of sp³-hybridized carbons (Fsp3) is 0.333. The Balaban J connectivity index is 2.79. The van der Waals surface area contributed by atoms with Crippen LogP contribution in [0.2, 0.25) is 0 Å². The Kier molecular flexibility index (Phi) is 4.66. The average molecular weight is 236 g/mol. The zero-order valence-electron chi connectivity index (χ0n) is 9.90. The lowest BCUT2D eigenvalue weighted by atomic mass is 10.2. The molecule has 0 aliphatic rings. The normalized spacial score (nSPS) is 11.7. The molecule has 5 heteroatoms. The van der Waals surface area contributed by atoms with Crippen molar-refractivity contribution < 1.29 is 14.3 Å². The van der Waals surface area contributed by atoms with Gasteiger partial charge in [0, 0.05) is 5.69 Å². The predicted molar refractivity (Wildman–Crippen MR) is 64.7 cm³/mol. The minimum Gasteiger partial charge on any atom is -0.462 e.